The second kappa shape index (κ2) is 12.5. The third kappa shape index (κ3) is 30.0. The Bertz CT molecular complexity index is 153. The summed E-state index contributed by atoms with van der Waals surface area (Å²) in [5.74, 6) is -0.201. The number of rotatable bonds is 3. The number of ether oxygens (including phenoxy) is 1. The Balaban J connectivity index is -0.000000126. The summed E-state index contributed by atoms with van der Waals surface area (Å²) in [5, 5.41) is 0. The first-order valence-electron chi connectivity index (χ1n) is 3.50. The molecule has 0 aliphatic heterocycles. The van der Waals surface area contributed by atoms with Crippen LogP contribution in [0.15, 0.2) is 0 Å². The molecular weight excluding hydrogens is 207 g/mol. The van der Waals surface area contributed by atoms with E-state index in [1.165, 1.54) is 6.92 Å². The minimum atomic E-state index is -3.66. The van der Waals surface area contributed by atoms with E-state index in [1.807, 2.05) is 13.8 Å². The molecule has 0 aliphatic rings. The van der Waals surface area contributed by atoms with E-state index in [4.69, 9.17) is 9.29 Å². The van der Waals surface area contributed by atoms with Gasteiger partial charge >= 0.3 is 51.4 Å². The van der Waals surface area contributed by atoms with Gasteiger partial charge in [-0.15, -0.1) is 0 Å². The molecule has 1 N–H and O–H groups in total. The second-order valence-corrected chi connectivity index (χ2v) is 3.39. The molecular formula is C6H17KO4S. The molecule has 0 amide bonds. The first-order valence-corrected chi connectivity index (χ1v) is 5.11. The van der Waals surface area contributed by atoms with E-state index in [9.17, 15) is 8.42 Å². The summed E-state index contributed by atoms with van der Waals surface area (Å²) < 4.78 is 31.7. The molecule has 72 valence electrons. The van der Waals surface area contributed by atoms with Crippen LogP contribution in [-0.2, 0) is 14.9 Å². The van der Waals surface area contributed by atoms with Crippen molar-refractivity contribution in [3.8, 4) is 0 Å². The third-order valence-electron chi connectivity index (χ3n) is 0.773. The first-order chi connectivity index (χ1) is 4.97. The summed E-state index contributed by atoms with van der Waals surface area (Å²) in [5.41, 5.74) is 0. The van der Waals surface area contributed by atoms with Crippen molar-refractivity contribution in [1.82, 2.24) is 0 Å². The van der Waals surface area contributed by atoms with Gasteiger partial charge in [-0.25, -0.2) is 0 Å². The molecule has 0 aromatic heterocycles. The topological polar surface area (TPSA) is 63.6 Å². The molecule has 0 radical (unpaired) electrons. The van der Waals surface area contributed by atoms with Gasteiger partial charge in [-0.2, -0.15) is 8.42 Å². The molecule has 0 rings (SSSR count). The average Bonchev–Trinajstić information content (AvgIpc) is 1.90. The van der Waals surface area contributed by atoms with Crippen molar-refractivity contribution in [1.29, 1.82) is 0 Å². The molecule has 0 aliphatic carbocycles. The molecule has 4 nitrogen and oxygen atoms in total. The monoisotopic (exact) mass is 224 g/mol. The van der Waals surface area contributed by atoms with Crippen molar-refractivity contribution in [3.05, 3.63) is 0 Å². The average molecular weight is 224 g/mol. The Morgan fingerprint density at radius 1 is 1.17 bits per heavy atom. The summed E-state index contributed by atoms with van der Waals surface area (Å²) in [7, 11) is -3.66. The van der Waals surface area contributed by atoms with Crippen molar-refractivity contribution in [2.45, 2.75) is 20.8 Å². The quantitative estimate of drug-likeness (QED) is 0.553. The van der Waals surface area contributed by atoms with Gasteiger partial charge < -0.3 is 4.74 Å². The Morgan fingerprint density at radius 3 is 1.42 bits per heavy atom. The van der Waals surface area contributed by atoms with Gasteiger partial charge in [-0.1, -0.05) is 0 Å². The van der Waals surface area contributed by atoms with Crippen LogP contribution in [0.1, 0.15) is 20.8 Å². The van der Waals surface area contributed by atoms with E-state index in [-0.39, 0.29) is 57.1 Å². The fourth-order valence-corrected chi connectivity index (χ4v) is 0.204. The molecule has 0 spiro atoms. The van der Waals surface area contributed by atoms with Gasteiger partial charge in [0.2, 0.25) is 0 Å². The number of hydrogen-bond acceptors (Lipinski definition) is 3. The Hall–Kier alpha value is 1.51. The zero-order valence-corrected chi connectivity index (χ0v) is 8.02. The van der Waals surface area contributed by atoms with E-state index in [1.54, 1.807) is 0 Å². The van der Waals surface area contributed by atoms with Crippen LogP contribution in [0.4, 0.5) is 0 Å². The molecule has 6 heteroatoms. The summed E-state index contributed by atoms with van der Waals surface area (Å²) in [4.78, 5) is 0. The molecule has 0 fully saturated rings. The van der Waals surface area contributed by atoms with Crippen molar-refractivity contribution in [3.63, 3.8) is 0 Å². The molecule has 0 aromatic carbocycles. The van der Waals surface area contributed by atoms with E-state index < -0.39 is 10.1 Å². The fourth-order valence-electron chi connectivity index (χ4n) is 0.204. The normalized spacial score (nSPS) is 9.33. The van der Waals surface area contributed by atoms with Crippen molar-refractivity contribution >= 4 is 61.5 Å². The van der Waals surface area contributed by atoms with Crippen LogP contribution in [-0.4, -0.2) is 83.3 Å². The van der Waals surface area contributed by atoms with Crippen LogP contribution in [0.25, 0.3) is 0 Å². The molecule has 0 saturated carbocycles. The van der Waals surface area contributed by atoms with Crippen LogP contribution in [0, 0.1) is 0 Å². The van der Waals surface area contributed by atoms with Gasteiger partial charge in [0.1, 0.15) is 0 Å². The minimum absolute atomic E-state index is 0. The molecule has 0 saturated heterocycles. The van der Waals surface area contributed by atoms with Gasteiger partial charge in [-0.05, 0) is 20.8 Å². The summed E-state index contributed by atoms with van der Waals surface area (Å²) in [6.45, 7) is 7.04. The molecule has 12 heavy (non-hydrogen) atoms. The third-order valence-corrected chi connectivity index (χ3v) is 1.50. The van der Waals surface area contributed by atoms with Gasteiger partial charge in [0.05, 0.1) is 5.75 Å². The summed E-state index contributed by atoms with van der Waals surface area (Å²) in [6.07, 6.45) is 0. The predicted octanol–water partition coefficient (Wildman–Crippen LogP) is 0.288. The molecule has 0 unspecified atom stereocenters. The van der Waals surface area contributed by atoms with Gasteiger partial charge in [0.15, 0.2) is 0 Å². The van der Waals surface area contributed by atoms with E-state index >= 15 is 0 Å². The standard InChI is InChI=1S/C4H10O.C2H6O3S.K.H/c1-3-5-4-2;1-2-6(3,4)5;;/h3-4H2,1-2H3;2H2,1H3,(H,3,4,5);;. The second-order valence-electron chi connectivity index (χ2n) is 1.65. The summed E-state index contributed by atoms with van der Waals surface area (Å²) >= 11 is 0. The van der Waals surface area contributed by atoms with Gasteiger partial charge in [0, 0.05) is 13.2 Å². The Kier molecular flexibility index (Phi) is 19.9. The molecule has 0 aromatic rings. The maximum atomic E-state index is 9.56. The maximum absolute atomic E-state index is 9.56. The Morgan fingerprint density at radius 2 is 1.42 bits per heavy atom. The van der Waals surface area contributed by atoms with Crippen LogP contribution in [0.5, 0.6) is 0 Å². The Labute approximate surface area is 117 Å². The zero-order chi connectivity index (χ0) is 9.33. The van der Waals surface area contributed by atoms with Crippen LogP contribution >= 0.6 is 0 Å². The van der Waals surface area contributed by atoms with Crippen molar-refractivity contribution in [2.75, 3.05) is 19.0 Å². The molecule has 0 bridgehead atoms. The van der Waals surface area contributed by atoms with E-state index in [0.29, 0.717) is 0 Å². The zero-order valence-electron chi connectivity index (χ0n) is 7.20. The van der Waals surface area contributed by atoms with Crippen molar-refractivity contribution < 1.29 is 17.7 Å². The number of hydrogen-bond donors (Lipinski definition) is 1. The SMILES string of the molecule is CCOCC.CCS(=O)(=O)O.[KH]. The first kappa shape index (κ1) is 19.1. The molecule has 0 heterocycles. The molecule has 0 atom stereocenters. The van der Waals surface area contributed by atoms with E-state index in [2.05, 4.69) is 0 Å². The van der Waals surface area contributed by atoms with E-state index in [0.717, 1.165) is 13.2 Å². The fraction of sp³-hybridized carbons (Fsp3) is 1.00. The predicted molar refractivity (Wildman–Crippen MR) is 51.4 cm³/mol. The van der Waals surface area contributed by atoms with Crippen LogP contribution < -0.4 is 0 Å². The van der Waals surface area contributed by atoms with Crippen LogP contribution in [0.3, 0.4) is 0 Å². The van der Waals surface area contributed by atoms with Crippen LogP contribution in [0.2, 0.25) is 0 Å². The summed E-state index contributed by atoms with van der Waals surface area (Å²) in [6, 6.07) is 0. The van der Waals surface area contributed by atoms with Gasteiger partial charge in [0.25, 0.3) is 10.1 Å². The van der Waals surface area contributed by atoms with Gasteiger partial charge in [-0.3, -0.25) is 4.55 Å². The van der Waals surface area contributed by atoms with Crippen molar-refractivity contribution in [2.24, 2.45) is 0 Å².